The zero-order valence-electron chi connectivity index (χ0n) is 6.37. The predicted molar refractivity (Wildman–Crippen MR) is 35.3 cm³/mol. The first-order chi connectivity index (χ1) is 5.83. The maximum absolute atomic E-state index is 11.7. The van der Waals surface area contributed by atoms with Crippen LogP contribution in [0.3, 0.4) is 0 Å². The van der Waals surface area contributed by atoms with Crippen LogP contribution in [-0.4, -0.2) is 33.2 Å². The first-order valence-electron chi connectivity index (χ1n) is 3.40. The van der Waals surface area contributed by atoms with Gasteiger partial charge >= 0.3 is 15.6 Å². The molecule has 1 heterocycles. The minimum Gasteiger partial charge on any atom is -0.379 e. The summed E-state index contributed by atoms with van der Waals surface area (Å²) in [7, 11) is -5.46. The average molecular weight is 220 g/mol. The van der Waals surface area contributed by atoms with Crippen molar-refractivity contribution in [3.05, 3.63) is 0 Å². The van der Waals surface area contributed by atoms with E-state index in [1.54, 1.807) is 0 Å². The first kappa shape index (κ1) is 10.7. The van der Waals surface area contributed by atoms with E-state index >= 15 is 0 Å². The van der Waals surface area contributed by atoms with Gasteiger partial charge in [0.25, 0.3) is 0 Å². The molecule has 1 unspecified atom stereocenters. The van der Waals surface area contributed by atoms with Gasteiger partial charge in [-0.15, -0.1) is 0 Å². The van der Waals surface area contributed by atoms with Crippen LogP contribution in [0.5, 0.6) is 0 Å². The molecule has 4 nitrogen and oxygen atoms in total. The molecule has 1 aliphatic heterocycles. The van der Waals surface area contributed by atoms with E-state index in [-0.39, 0.29) is 19.6 Å². The van der Waals surface area contributed by atoms with E-state index in [0.717, 1.165) is 0 Å². The normalized spacial score (nSPS) is 25.0. The Morgan fingerprint density at radius 1 is 1.38 bits per heavy atom. The second-order valence-corrected chi connectivity index (χ2v) is 4.05. The fourth-order valence-corrected chi connectivity index (χ4v) is 1.44. The monoisotopic (exact) mass is 220 g/mol. The van der Waals surface area contributed by atoms with Crippen LogP contribution in [-0.2, 0) is 19.0 Å². The molecule has 0 N–H and O–H groups in total. The summed E-state index contributed by atoms with van der Waals surface area (Å²) in [6.45, 7) is 0.105. The summed E-state index contributed by atoms with van der Waals surface area (Å²) in [5, 5.41) is 0. The molecule has 0 amide bonds. The molecule has 0 spiro atoms. The lowest BCUT2D eigenvalue weighted by atomic mass is 10.3. The standard InChI is InChI=1S/C5H7F3O4S/c6-5(7,8)13(9,10)12-4-1-2-11-3-4/h4H,1-3H2. The van der Waals surface area contributed by atoms with Gasteiger partial charge in [0.05, 0.1) is 6.61 Å². The van der Waals surface area contributed by atoms with Gasteiger partial charge in [-0.1, -0.05) is 0 Å². The third-order valence-electron chi connectivity index (χ3n) is 1.43. The highest BCUT2D eigenvalue weighted by Gasteiger charge is 2.48. The van der Waals surface area contributed by atoms with Crippen molar-refractivity contribution in [2.24, 2.45) is 0 Å². The summed E-state index contributed by atoms with van der Waals surface area (Å²) in [4.78, 5) is 0. The quantitative estimate of drug-likeness (QED) is 0.506. The Morgan fingerprint density at radius 3 is 2.38 bits per heavy atom. The molecule has 1 saturated heterocycles. The molecule has 78 valence electrons. The minimum atomic E-state index is -5.46. The number of hydrogen-bond acceptors (Lipinski definition) is 4. The smallest absolute Gasteiger partial charge is 0.379 e. The molecule has 0 aromatic heterocycles. The van der Waals surface area contributed by atoms with Crippen LogP contribution in [0.4, 0.5) is 13.2 Å². The second kappa shape index (κ2) is 3.43. The van der Waals surface area contributed by atoms with Crippen molar-refractivity contribution in [3.63, 3.8) is 0 Å². The molecule has 0 aliphatic carbocycles. The highest BCUT2D eigenvalue weighted by molar-refractivity contribution is 7.87. The summed E-state index contributed by atoms with van der Waals surface area (Å²) in [6.07, 6.45) is -0.846. The molecule has 1 aliphatic rings. The summed E-state index contributed by atoms with van der Waals surface area (Å²) >= 11 is 0. The molecule has 13 heavy (non-hydrogen) atoms. The molecule has 8 heteroatoms. The van der Waals surface area contributed by atoms with Gasteiger partial charge in [0.2, 0.25) is 0 Å². The maximum Gasteiger partial charge on any atom is 0.523 e. The van der Waals surface area contributed by atoms with Crippen LogP contribution in [0, 0.1) is 0 Å². The summed E-state index contributed by atoms with van der Waals surface area (Å²) in [6, 6.07) is 0. The summed E-state index contributed by atoms with van der Waals surface area (Å²) < 4.78 is 64.6. The van der Waals surface area contributed by atoms with Crippen LogP contribution in [0.25, 0.3) is 0 Å². The van der Waals surface area contributed by atoms with Crippen molar-refractivity contribution < 1.29 is 30.5 Å². The van der Waals surface area contributed by atoms with Crippen LogP contribution >= 0.6 is 0 Å². The van der Waals surface area contributed by atoms with Gasteiger partial charge < -0.3 is 4.74 Å². The zero-order valence-corrected chi connectivity index (χ0v) is 7.19. The van der Waals surface area contributed by atoms with E-state index in [4.69, 9.17) is 0 Å². The molecule has 0 aromatic carbocycles. The lowest BCUT2D eigenvalue weighted by molar-refractivity contribution is -0.0574. The molecule has 1 rings (SSSR count). The number of ether oxygens (including phenoxy) is 1. The zero-order chi connectivity index (χ0) is 10.1. The molecule has 0 radical (unpaired) electrons. The molecule has 0 bridgehead atoms. The SMILES string of the molecule is O=S(=O)(OC1CCOC1)C(F)(F)F. The Hall–Kier alpha value is -0.340. The van der Waals surface area contributed by atoms with Gasteiger partial charge in [0.15, 0.2) is 0 Å². The fraction of sp³-hybridized carbons (Fsp3) is 1.00. The van der Waals surface area contributed by atoms with Crippen molar-refractivity contribution in [3.8, 4) is 0 Å². The van der Waals surface area contributed by atoms with Crippen molar-refractivity contribution in [2.45, 2.75) is 18.0 Å². The van der Waals surface area contributed by atoms with Gasteiger partial charge in [-0.25, -0.2) is 0 Å². The average Bonchev–Trinajstić information content (AvgIpc) is 2.35. The Kier molecular flexibility index (Phi) is 2.83. The van der Waals surface area contributed by atoms with Gasteiger partial charge in [-0.2, -0.15) is 21.6 Å². The number of rotatable bonds is 2. The van der Waals surface area contributed by atoms with E-state index in [0.29, 0.717) is 0 Å². The molecule has 1 fully saturated rings. The van der Waals surface area contributed by atoms with E-state index in [1.807, 2.05) is 0 Å². The summed E-state index contributed by atoms with van der Waals surface area (Å²) in [5.74, 6) is 0. The van der Waals surface area contributed by atoms with Crippen LogP contribution in [0.15, 0.2) is 0 Å². The van der Waals surface area contributed by atoms with Gasteiger partial charge in [-0.3, -0.25) is 4.18 Å². The first-order valence-corrected chi connectivity index (χ1v) is 4.81. The van der Waals surface area contributed by atoms with Gasteiger partial charge in [0.1, 0.15) is 6.10 Å². The molecule has 0 saturated carbocycles. The van der Waals surface area contributed by atoms with E-state index in [1.165, 1.54) is 0 Å². The molecule has 1 atom stereocenters. The maximum atomic E-state index is 11.7. The van der Waals surface area contributed by atoms with Crippen LogP contribution in [0.1, 0.15) is 6.42 Å². The van der Waals surface area contributed by atoms with E-state index in [2.05, 4.69) is 8.92 Å². The molecule has 0 aromatic rings. The topological polar surface area (TPSA) is 52.6 Å². The van der Waals surface area contributed by atoms with Crippen molar-refractivity contribution in [1.29, 1.82) is 0 Å². The Morgan fingerprint density at radius 2 is 2.00 bits per heavy atom. The van der Waals surface area contributed by atoms with Gasteiger partial charge in [0, 0.05) is 13.0 Å². The van der Waals surface area contributed by atoms with E-state index in [9.17, 15) is 21.6 Å². The molecular formula is C5H7F3O4S. The highest BCUT2D eigenvalue weighted by atomic mass is 32.2. The third-order valence-corrected chi connectivity index (χ3v) is 2.53. The highest BCUT2D eigenvalue weighted by Crippen LogP contribution is 2.27. The molecular weight excluding hydrogens is 213 g/mol. The minimum absolute atomic E-state index is 0.116. The number of alkyl halides is 3. The van der Waals surface area contributed by atoms with E-state index < -0.39 is 21.7 Å². The van der Waals surface area contributed by atoms with Crippen molar-refractivity contribution in [2.75, 3.05) is 13.2 Å². The Bertz CT molecular complexity index is 264. The van der Waals surface area contributed by atoms with Crippen molar-refractivity contribution in [1.82, 2.24) is 0 Å². The second-order valence-electron chi connectivity index (χ2n) is 2.48. The van der Waals surface area contributed by atoms with Crippen LogP contribution < -0.4 is 0 Å². The largest absolute Gasteiger partial charge is 0.523 e. The fourth-order valence-electron chi connectivity index (χ4n) is 0.822. The van der Waals surface area contributed by atoms with Crippen LogP contribution in [0.2, 0.25) is 0 Å². The Balaban J connectivity index is 2.62. The summed E-state index contributed by atoms with van der Waals surface area (Å²) in [5.41, 5.74) is -5.35. The Labute approximate surface area is 72.8 Å². The lowest BCUT2D eigenvalue weighted by Crippen LogP contribution is -2.30. The van der Waals surface area contributed by atoms with Gasteiger partial charge in [-0.05, 0) is 0 Å². The number of halogens is 3. The number of hydrogen-bond donors (Lipinski definition) is 0. The third kappa shape index (κ3) is 2.55. The van der Waals surface area contributed by atoms with Crippen molar-refractivity contribution >= 4 is 10.1 Å². The lowest BCUT2D eigenvalue weighted by Gasteiger charge is -2.11. The predicted octanol–water partition coefficient (Wildman–Crippen LogP) is 0.642.